The van der Waals surface area contributed by atoms with Gasteiger partial charge in [-0.25, -0.2) is 0 Å². The number of anilines is 2. The zero-order valence-corrected chi connectivity index (χ0v) is 18.7. The first-order valence-corrected chi connectivity index (χ1v) is 11.0. The second-order valence-electron chi connectivity index (χ2n) is 6.88. The third kappa shape index (κ3) is 7.89. The van der Waals surface area contributed by atoms with E-state index in [0.717, 1.165) is 29.5 Å². The van der Waals surface area contributed by atoms with Gasteiger partial charge in [0.25, 0.3) is 5.91 Å². The molecule has 0 unspecified atom stereocenters. The van der Waals surface area contributed by atoms with Gasteiger partial charge in [-0.1, -0.05) is 33.1 Å². The number of hydrogen-bond acceptors (Lipinski definition) is 3. The molecule has 0 aliphatic heterocycles. The Morgan fingerprint density at radius 2 is 1.59 bits per heavy atom. The summed E-state index contributed by atoms with van der Waals surface area (Å²) in [4.78, 5) is 24.2. The van der Waals surface area contributed by atoms with Crippen LogP contribution in [-0.4, -0.2) is 18.4 Å². The Kier molecular flexibility index (Phi) is 9.71. The number of unbranched alkanes of at least 4 members (excludes halogenated alkanes) is 3. The molecular weight excluding hydrogens is 432 g/mol. The van der Waals surface area contributed by atoms with E-state index in [9.17, 15) is 9.59 Å². The molecule has 2 aromatic rings. The second kappa shape index (κ2) is 12.3. The van der Waals surface area contributed by atoms with Crippen molar-refractivity contribution in [3.05, 3.63) is 52.5 Å². The van der Waals surface area contributed by atoms with Crippen molar-refractivity contribution in [1.29, 1.82) is 0 Å². The number of ether oxygens (including phenoxy) is 1. The van der Waals surface area contributed by atoms with Gasteiger partial charge in [-0.05, 0) is 71.2 Å². The Bertz CT molecular complexity index is 806. The van der Waals surface area contributed by atoms with Crippen LogP contribution < -0.4 is 15.4 Å². The molecular formula is C23H29BrN2O3. The second-order valence-corrected chi connectivity index (χ2v) is 7.74. The SMILES string of the molecule is CCCCCCOc1ccc(C(=O)Nc2ccc(NC(=O)CCC)cc2)cc1Br. The van der Waals surface area contributed by atoms with Crippen LogP contribution in [0.1, 0.15) is 62.7 Å². The third-order valence-electron chi connectivity index (χ3n) is 4.35. The number of benzene rings is 2. The zero-order chi connectivity index (χ0) is 21.1. The molecule has 6 heteroatoms. The summed E-state index contributed by atoms with van der Waals surface area (Å²) in [5, 5.41) is 5.69. The fourth-order valence-corrected chi connectivity index (χ4v) is 3.25. The molecule has 2 amide bonds. The van der Waals surface area contributed by atoms with Gasteiger partial charge in [0.1, 0.15) is 5.75 Å². The zero-order valence-electron chi connectivity index (χ0n) is 17.1. The number of carbonyl (C=O) groups excluding carboxylic acids is 2. The Morgan fingerprint density at radius 1 is 0.897 bits per heavy atom. The highest BCUT2D eigenvalue weighted by molar-refractivity contribution is 9.10. The van der Waals surface area contributed by atoms with E-state index in [-0.39, 0.29) is 11.8 Å². The maximum atomic E-state index is 12.5. The average molecular weight is 461 g/mol. The monoisotopic (exact) mass is 460 g/mol. The van der Waals surface area contributed by atoms with E-state index in [1.54, 1.807) is 36.4 Å². The molecule has 0 atom stereocenters. The minimum atomic E-state index is -0.206. The highest BCUT2D eigenvalue weighted by atomic mass is 79.9. The van der Waals surface area contributed by atoms with Gasteiger partial charge >= 0.3 is 0 Å². The van der Waals surface area contributed by atoms with E-state index in [1.165, 1.54) is 12.8 Å². The fourth-order valence-electron chi connectivity index (χ4n) is 2.76. The lowest BCUT2D eigenvalue weighted by Gasteiger charge is -2.11. The van der Waals surface area contributed by atoms with Crippen LogP contribution in [0, 0.1) is 0 Å². The fraction of sp³-hybridized carbons (Fsp3) is 0.391. The molecule has 2 N–H and O–H groups in total. The standard InChI is InChI=1S/C23H29BrN2O3/c1-3-5-6-7-15-29-21-14-9-17(16-20(21)24)23(28)26-19-12-10-18(11-13-19)25-22(27)8-4-2/h9-14,16H,3-8,15H2,1-2H3,(H,25,27)(H,26,28). The molecule has 156 valence electrons. The van der Waals surface area contributed by atoms with Gasteiger partial charge in [-0.3, -0.25) is 9.59 Å². The molecule has 0 saturated carbocycles. The molecule has 5 nitrogen and oxygen atoms in total. The summed E-state index contributed by atoms with van der Waals surface area (Å²) in [6, 6.07) is 12.4. The van der Waals surface area contributed by atoms with E-state index in [0.29, 0.717) is 30.0 Å². The van der Waals surface area contributed by atoms with Crippen molar-refractivity contribution >= 4 is 39.1 Å². The summed E-state index contributed by atoms with van der Waals surface area (Å²) in [5.74, 6) is 0.523. The Balaban J connectivity index is 1.90. The van der Waals surface area contributed by atoms with Crippen LogP contribution in [0.15, 0.2) is 46.9 Å². The van der Waals surface area contributed by atoms with Crippen molar-refractivity contribution in [2.24, 2.45) is 0 Å². The smallest absolute Gasteiger partial charge is 0.255 e. The highest BCUT2D eigenvalue weighted by Gasteiger charge is 2.10. The summed E-state index contributed by atoms with van der Waals surface area (Å²) in [6.45, 7) is 4.81. The van der Waals surface area contributed by atoms with E-state index in [1.807, 2.05) is 13.0 Å². The van der Waals surface area contributed by atoms with Crippen molar-refractivity contribution in [1.82, 2.24) is 0 Å². The lowest BCUT2D eigenvalue weighted by atomic mass is 10.2. The van der Waals surface area contributed by atoms with Gasteiger partial charge < -0.3 is 15.4 Å². The molecule has 2 rings (SSSR count). The molecule has 0 aromatic heterocycles. The summed E-state index contributed by atoms with van der Waals surface area (Å²) in [6.07, 6.45) is 5.90. The van der Waals surface area contributed by atoms with Crippen LogP contribution in [0.4, 0.5) is 11.4 Å². The van der Waals surface area contributed by atoms with Gasteiger partial charge in [0.15, 0.2) is 0 Å². The topological polar surface area (TPSA) is 67.4 Å². The predicted molar refractivity (Wildman–Crippen MR) is 122 cm³/mol. The molecule has 0 aliphatic carbocycles. The Hall–Kier alpha value is -2.34. The van der Waals surface area contributed by atoms with E-state index in [4.69, 9.17) is 4.74 Å². The maximum absolute atomic E-state index is 12.5. The largest absolute Gasteiger partial charge is 0.492 e. The predicted octanol–water partition coefficient (Wildman–Crippen LogP) is 6.40. The molecule has 0 radical (unpaired) electrons. The van der Waals surface area contributed by atoms with E-state index in [2.05, 4.69) is 33.5 Å². The number of rotatable bonds is 11. The summed E-state index contributed by atoms with van der Waals surface area (Å²) >= 11 is 3.48. The normalized spacial score (nSPS) is 10.4. The average Bonchev–Trinajstić information content (AvgIpc) is 2.70. The third-order valence-corrected chi connectivity index (χ3v) is 4.97. The van der Waals surface area contributed by atoms with Crippen molar-refractivity contribution in [2.75, 3.05) is 17.2 Å². The van der Waals surface area contributed by atoms with Crippen LogP contribution in [0.5, 0.6) is 5.75 Å². The van der Waals surface area contributed by atoms with Gasteiger partial charge in [-0.2, -0.15) is 0 Å². The summed E-state index contributed by atoms with van der Waals surface area (Å²) < 4.78 is 6.54. The van der Waals surface area contributed by atoms with Crippen molar-refractivity contribution in [3.8, 4) is 5.75 Å². The number of nitrogens with one attached hydrogen (secondary N) is 2. The lowest BCUT2D eigenvalue weighted by Crippen LogP contribution is -2.13. The molecule has 0 aliphatic rings. The molecule has 0 heterocycles. The minimum Gasteiger partial charge on any atom is -0.492 e. The number of halogens is 1. The van der Waals surface area contributed by atoms with E-state index >= 15 is 0 Å². The highest BCUT2D eigenvalue weighted by Crippen LogP contribution is 2.27. The van der Waals surface area contributed by atoms with Gasteiger partial charge in [0.2, 0.25) is 5.91 Å². The first kappa shape index (κ1) is 22.9. The van der Waals surface area contributed by atoms with Gasteiger partial charge in [0.05, 0.1) is 11.1 Å². The molecule has 0 fully saturated rings. The van der Waals surface area contributed by atoms with Gasteiger partial charge in [0, 0.05) is 23.4 Å². The molecule has 0 saturated heterocycles. The van der Waals surface area contributed by atoms with Crippen LogP contribution in [0.2, 0.25) is 0 Å². The van der Waals surface area contributed by atoms with Crippen LogP contribution in [0.3, 0.4) is 0 Å². The number of carbonyl (C=O) groups is 2. The van der Waals surface area contributed by atoms with Crippen LogP contribution in [0.25, 0.3) is 0 Å². The van der Waals surface area contributed by atoms with Crippen molar-refractivity contribution in [2.45, 2.75) is 52.4 Å². The molecule has 29 heavy (non-hydrogen) atoms. The van der Waals surface area contributed by atoms with Crippen LogP contribution in [-0.2, 0) is 4.79 Å². The Morgan fingerprint density at radius 3 is 2.21 bits per heavy atom. The Labute approximate surface area is 181 Å². The van der Waals surface area contributed by atoms with E-state index < -0.39 is 0 Å². The van der Waals surface area contributed by atoms with Crippen LogP contribution >= 0.6 is 15.9 Å². The van der Waals surface area contributed by atoms with Crippen molar-refractivity contribution in [3.63, 3.8) is 0 Å². The van der Waals surface area contributed by atoms with Crippen molar-refractivity contribution < 1.29 is 14.3 Å². The molecule has 0 bridgehead atoms. The maximum Gasteiger partial charge on any atom is 0.255 e. The number of amides is 2. The summed E-state index contributed by atoms with van der Waals surface area (Å²) in [5.41, 5.74) is 1.91. The lowest BCUT2D eigenvalue weighted by molar-refractivity contribution is -0.116. The first-order valence-electron chi connectivity index (χ1n) is 10.2. The summed E-state index contributed by atoms with van der Waals surface area (Å²) in [7, 11) is 0. The quantitative estimate of drug-likeness (QED) is 0.381. The number of hydrogen-bond donors (Lipinski definition) is 2. The minimum absolute atomic E-state index is 0.0122. The van der Waals surface area contributed by atoms with Gasteiger partial charge in [-0.15, -0.1) is 0 Å². The molecule has 0 spiro atoms. The first-order chi connectivity index (χ1) is 14.0. The molecule has 2 aromatic carbocycles.